The van der Waals surface area contributed by atoms with Gasteiger partial charge in [0.15, 0.2) is 10.9 Å². The fourth-order valence-electron chi connectivity index (χ4n) is 7.41. The first-order chi connectivity index (χ1) is 25.3. The number of ether oxygens (including phenoxy) is 3. The topological polar surface area (TPSA) is 108 Å². The number of benzene rings is 1. The highest BCUT2D eigenvalue weighted by atomic mass is 28.3. The van der Waals surface area contributed by atoms with Gasteiger partial charge >= 0.3 is 0 Å². The van der Waals surface area contributed by atoms with E-state index in [1.54, 1.807) is 20.8 Å². The smallest absolute Gasteiger partial charge is 0.191 e. The van der Waals surface area contributed by atoms with Gasteiger partial charge in [-0.3, -0.25) is 9.59 Å². The Morgan fingerprint density at radius 2 is 1.39 bits per heavy atom. The minimum Gasteiger partial charge on any atom is -0.465 e. The summed E-state index contributed by atoms with van der Waals surface area (Å²) in [6.45, 7) is 29.4. The van der Waals surface area contributed by atoms with Gasteiger partial charge in [-0.2, -0.15) is 0 Å². The fraction of sp³-hybridized carbons (Fsp3) is 0.600. The number of rotatable bonds is 20. The van der Waals surface area contributed by atoms with Crippen molar-refractivity contribution in [3.05, 3.63) is 113 Å². The van der Waals surface area contributed by atoms with Crippen molar-refractivity contribution in [1.29, 1.82) is 0 Å². The van der Waals surface area contributed by atoms with Gasteiger partial charge in [0.25, 0.3) is 0 Å². The lowest BCUT2D eigenvalue weighted by molar-refractivity contribution is -0.0950. The van der Waals surface area contributed by atoms with E-state index in [1.807, 2.05) is 84.9 Å². The van der Waals surface area contributed by atoms with E-state index >= 15 is 0 Å². The van der Waals surface area contributed by atoms with Gasteiger partial charge in [-0.25, -0.2) is 0 Å². The maximum atomic E-state index is 13.6. The van der Waals surface area contributed by atoms with Gasteiger partial charge in [0.2, 0.25) is 0 Å². The Hall–Kier alpha value is -3.08. The van der Waals surface area contributed by atoms with Crippen LogP contribution in [0.2, 0.25) is 25.7 Å². The molecular weight excluding hydrogens is 697 g/mol. The molecule has 2 aromatic heterocycles. The first kappa shape index (κ1) is 45.3. The first-order valence-electron chi connectivity index (χ1n) is 19.8. The Morgan fingerprint density at radius 3 is 1.96 bits per heavy atom. The van der Waals surface area contributed by atoms with Gasteiger partial charge in [-0.15, -0.1) is 0 Å². The zero-order chi connectivity index (χ0) is 40.5. The van der Waals surface area contributed by atoms with Crippen molar-refractivity contribution in [1.82, 2.24) is 0 Å². The highest BCUT2D eigenvalue weighted by Gasteiger charge is 2.35. The molecule has 0 aliphatic heterocycles. The number of aliphatic hydroxyl groups is 1. The fourth-order valence-corrected chi connectivity index (χ4v) is 8.17. The predicted molar refractivity (Wildman–Crippen MR) is 222 cm³/mol. The summed E-state index contributed by atoms with van der Waals surface area (Å²) in [5.41, 5.74) is 4.01. The molecule has 7 atom stereocenters. The Labute approximate surface area is 325 Å². The molecule has 3 rings (SSSR count). The molecule has 2 heterocycles. The highest BCUT2D eigenvalue weighted by Crippen LogP contribution is 2.35. The maximum Gasteiger partial charge on any atom is 0.191 e. The van der Waals surface area contributed by atoms with Crippen LogP contribution in [0.4, 0.5) is 0 Å². The molecule has 0 saturated heterocycles. The quantitative estimate of drug-likeness (QED) is 0.0524. The molecule has 8 nitrogen and oxygen atoms in total. The van der Waals surface area contributed by atoms with Gasteiger partial charge in [-0.05, 0) is 58.2 Å². The van der Waals surface area contributed by atoms with E-state index < -0.39 is 20.3 Å². The number of hydrogen-bond donors (Lipinski definition) is 1. The molecule has 3 aromatic rings. The van der Waals surface area contributed by atoms with E-state index in [4.69, 9.17) is 23.0 Å². The molecule has 9 heteroatoms. The molecule has 0 unspecified atom stereocenters. The Bertz CT molecular complexity index is 1800. The molecule has 0 aliphatic rings. The zero-order valence-corrected chi connectivity index (χ0v) is 36.6. The molecule has 0 aliphatic carbocycles. The van der Waals surface area contributed by atoms with Crippen molar-refractivity contribution in [3.63, 3.8) is 0 Å². The molecule has 0 saturated carbocycles. The van der Waals surface area contributed by atoms with Crippen LogP contribution in [-0.2, 0) is 27.2 Å². The number of hydrogen-bond acceptors (Lipinski definition) is 8. The van der Waals surface area contributed by atoms with Crippen LogP contribution in [0.15, 0.2) is 60.4 Å². The van der Waals surface area contributed by atoms with Crippen LogP contribution in [-0.4, -0.2) is 44.9 Å². The van der Waals surface area contributed by atoms with E-state index in [2.05, 4.69) is 26.6 Å². The van der Waals surface area contributed by atoms with Crippen molar-refractivity contribution in [2.45, 2.75) is 157 Å². The van der Waals surface area contributed by atoms with Crippen molar-refractivity contribution in [2.24, 2.45) is 5.92 Å². The maximum absolute atomic E-state index is 13.6. The summed E-state index contributed by atoms with van der Waals surface area (Å²) in [6, 6.07) is 11.0. The second-order valence-electron chi connectivity index (χ2n) is 16.5. The van der Waals surface area contributed by atoms with Crippen molar-refractivity contribution in [2.75, 3.05) is 13.4 Å². The van der Waals surface area contributed by atoms with Gasteiger partial charge in [0.05, 0.1) is 24.9 Å². The van der Waals surface area contributed by atoms with E-state index in [-0.39, 0.29) is 47.4 Å². The molecular formula is C45H68O8Si. The lowest BCUT2D eigenvalue weighted by Gasteiger charge is -2.33. The summed E-state index contributed by atoms with van der Waals surface area (Å²) < 4.78 is 31.6. The van der Waals surface area contributed by atoms with Gasteiger partial charge in [0.1, 0.15) is 29.8 Å². The van der Waals surface area contributed by atoms with Crippen LogP contribution in [0.3, 0.4) is 0 Å². The molecule has 0 fully saturated rings. The number of aryl methyl sites for hydroxylation is 1. The first-order valence-corrected chi connectivity index (χ1v) is 23.5. The second-order valence-corrected chi connectivity index (χ2v) is 22.1. The van der Waals surface area contributed by atoms with Crippen LogP contribution >= 0.6 is 0 Å². The van der Waals surface area contributed by atoms with Crippen LogP contribution < -0.4 is 10.9 Å². The average Bonchev–Trinajstić information content (AvgIpc) is 3.13. The lowest BCUT2D eigenvalue weighted by Crippen LogP contribution is -2.37. The third-order valence-electron chi connectivity index (χ3n) is 11.0. The second kappa shape index (κ2) is 20.2. The summed E-state index contributed by atoms with van der Waals surface area (Å²) in [7, 11) is -1.20. The van der Waals surface area contributed by atoms with Gasteiger partial charge in [0, 0.05) is 67.0 Å². The third-order valence-corrected chi connectivity index (χ3v) is 12.7. The predicted octanol–water partition coefficient (Wildman–Crippen LogP) is 10.0. The standard InChI is InChI=1S/C45H68O8Si/c1-15-37(51-26-49-22-23-54(12,13)14)30(6)44-34(10)41(48)32(8)42(53-44)28(4)24-27(3)39(46)31(7)43(50-25-36-20-18-17-19-21-36)35(11)45-33(9)40(47)29(5)38(16-2)52-45/h17-21,24,28,30-31,35,37,39,43,46H,15-16,22-23,25-26H2,1-14H3/b27-24+/t28-,30+,31+,35-,37+,39+,43-/m1/s1. The van der Waals surface area contributed by atoms with Crippen molar-refractivity contribution >= 4 is 8.07 Å². The molecule has 0 bridgehead atoms. The summed E-state index contributed by atoms with van der Waals surface area (Å²) in [5.74, 6) is 1.24. The monoisotopic (exact) mass is 764 g/mol. The van der Waals surface area contributed by atoms with E-state index in [9.17, 15) is 14.7 Å². The Balaban J connectivity index is 1.92. The molecule has 1 aromatic carbocycles. The molecule has 0 amide bonds. The highest BCUT2D eigenvalue weighted by molar-refractivity contribution is 6.76. The summed E-state index contributed by atoms with van der Waals surface area (Å²) in [4.78, 5) is 26.9. The third kappa shape index (κ3) is 11.5. The normalized spacial score (nSPS) is 16.5. The molecule has 1 N–H and O–H groups in total. The van der Waals surface area contributed by atoms with Crippen molar-refractivity contribution < 1.29 is 28.2 Å². The van der Waals surface area contributed by atoms with Crippen LogP contribution in [0.25, 0.3) is 0 Å². The van der Waals surface area contributed by atoms with Gasteiger partial charge in [-0.1, -0.05) is 97.6 Å². The summed E-state index contributed by atoms with van der Waals surface area (Å²) in [6.07, 6.45) is 1.74. The van der Waals surface area contributed by atoms with Crippen LogP contribution in [0, 0.1) is 33.6 Å². The Kier molecular flexibility index (Phi) is 16.9. The summed E-state index contributed by atoms with van der Waals surface area (Å²) in [5, 5.41) is 11.9. The zero-order valence-electron chi connectivity index (χ0n) is 35.6. The van der Waals surface area contributed by atoms with Gasteiger partial charge < -0.3 is 28.2 Å². The average molecular weight is 765 g/mol. The molecule has 54 heavy (non-hydrogen) atoms. The molecule has 0 spiro atoms. The summed E-state index contributed by atoms with van der Waals surface area (Å²) >= 11 is 0. The molecule has 300 valence electrons. The van der Waals surface area contributed by atoms with Crippen LogP contribution in [0.1, 0.15) is 123 Å². The van der Waals surface area contributed by atoms with Crippen molar-refractivity contribution in [3.8, 4) is 0 Å². The SMILES string of the molecule is CCc1oc([C@H](C)[C@H](OCc2ccccc2)[C@@H](C)[C@@H](O)/C(C)=C/[C@@H](C)c2oc([C@@H](C)[C@H](CC)OCOCC[Si](C)(C)C)c(C)c(=O)c2C)c(C)c(=O)c1C. The minimum absolute atomic E-state index is 0.0221. The van der Waals surface area contributed by atoms with E-state index in [0.717, 1.165) is 23.6 Å². The minimum atomic E-state index is -1.20. The van der Waals surface area contributed by atoms with Crippen LogP contribution in [0.5, 0.6) is 0 Å². The number of allylic oxidation sites excluding steroid dienone is 1. The molecule has 0 radical (unpaired) electrons. The van der Waals surface area contributed by atoms with E-state index in [0.29, 0.717) is 64.9 Å². The Morgan fingerprint density at radius 1 is 0.815 bits per heavy atom. The largest absolute Gasteiger partial charge is 0.465 e. The lowest BCUT2D eigenvalue weighted by atomic mass is 9.83. The number of aliphatic hydroxyl groups excluding tert-OH is 1. The van der Waals surface area contributed by atoms with E-state index in [1.165, 1.54) is 0 Å².